The molecule has 51 heavy (non-hydrogen) atoms. The molecule has 3 heterocycles. The van der Waals surface area contributed by atoms with Crippen LogP contribution in [0.25, 0.3) is 33.5 Å². The highest BCUT2D eigenvalue weighted by Crippen LogP contribution is 2.41. The topological polar surface area (TPSA) is 175 Å². The van der Waals surface area contributed by atoms with Gasteiger partial charge in [0, 0.05) is 29.7 Å². The molecule has 0 unspecified atom stereocenters. The van der Waals surface area contributed by atoms with E-state index in [9.17, 15) is 27.2 Å². The first-order valence-electron chi connectivity index (χ1n) is 17.5. The Morgan fingerprint density at radius 2 is 1.82 bits per heavy atom. The number of likely N-dealkylation sites (tertiary alicyclic amines) is 1. The fourth-order valence-electron chi connectivity index (χ4n) is 6.69. The number of ether oxygens (including phenoxy) is 1. The van der Waals surface area contributed by atoms with Crippen molar-refractivity contribution in [2.24, 2.45) is 17.6 Å². The van der Waals surface area contributed by atoms with Gasteiger partial charge >= 0.3 is 0 Å². The molecule has 1 saturated heterocycles. The van der Waals surface area contributed by atoms with Crippen LogP contribution < -0.4 is 15.2 Å². The van der Waals surface area contributed by atoms with Gasteiger partial charge in [0.15, 0.2) is 5.82 Å². The summed E-state index contributed by atoms with van der Waals surface area (Å²) in [7, 11) is -3.51. The van der Waals surface area contributed by atoms with Crippen molar-refractivity contribution in [2.75, 3.05) is 6.54 Å². The number of nitrogens with one attached hydrogen (secondary N) is 1. The molecule has 4 aromatic rings. The van der Waals surface area contributed by atoms with Gasteiger partial charge in [0.25, 0.3) is 5.88 Å². The van der Waals surface area contributed by atoms with Gasteiger partial charge in [0.2, 0.25) is 33.3 Å². The maximum atomic E-state index is 14.2. The van der Waals surface area contributed by atoms with Crippen molar-refractivity contribution in [1.82, 2.24) is 19.6 Å². The van der Waals surface area contributed by atoms with E-state index in [2.05, 4.69) is 14.7 Å². The molecule has 1 aliphatic heterocycles. The number of nitrogens with zero attached hydrogens (tertiary/aromatic N) is 3. The summed E-state index contributed by atoms with van der Waals surface area (Å²) in [5.41, 5.74) is 7.51. The normalized spacial score (nSPS) is 21.8. The Kier molecular flexibility index (Phi) is 9.77. The third-order valence-corrected chi connectivity index (χ3v) is 11.6. The summed E-state index contributed by atoms with van der Waals surface area (Å²) in [4.78, 5) is 48.7. The van der Waals surface area contributed by atoms with E-state index in [-0.39, 0.29) is 48.6 Å². The van der Waals surface area contributed by atoms with Gasteiger partial charge in [0.05, 0.1) is 11.8 Å². The smallest absolute Gasteiger partial charge is 0.262 e. The Bertz CT molecular complexity index is 2100. The number of allylic oxidation sites excluding steroid dienone is 2. The second-order valence-electron chi connectivity index (χ2n) is 13.7. The molecule has 3 fully saturated rings. The van der Waals surface area contributed by atoms with Crippen LogP contribution in [0, 0.1) is 17.7 Å². The highest BCUT2D eigenvalue weighted by atomic mass is 32.2. The molecule has 2 aromatic heterocycles. The molecule has 2 saturated carbocycles. The summed E-state index contributed by atoms with van der Waals surface area (Å²) >= 11 is 0. The van der Waals surface area contributed by atoms with Crippen molar-refractivity contribution in [1.29, 1.82) is 0 Å². The summed E-state index contributed by atoms with van der Waals surface area (Å²) in [6.45, 7) is 0.144. The number of hydrogen-bond acceptors (Lipinski definition) is 9. The zero-order valence-corrected chi connectivity index (χ0v) is 28.8. The third kappa shape index (κ3) is 7.90. The maximum absolute atomic E-state index is 14.2. The van der Waals surface area contributed by atoms with Crippen LogP contribution in [0.4, 0.5) is 4.39 Å². The van der Waals surface area contributed by atoms with Gasteiger partial charge in [-0.05, 0) is 62.6 Å². The van der Waals surface area contributed by atoms with Gasteiger partial charge in [-0.2, -0.15) is 4.98 Å². The molecule has 2 aliphatic carbocycles. The number of sulfonamides is 1. The average Bonchev–Trinajstić information content (AvgIpc) is 4.03. The lowest BCUT2D eigenvalue weighted by Gasteiger charge is -2.21. The molecule has 7 rings (SSSR count). The Morgan fingerprint density at radius 1 is 1.04 bits per heavy atom. The number of rotatable bonds is 15. The Labute approximate surface area is 294 Å². The van der Waals surface area contributed by atoms with Crippen molar-refractivity contribution in [3.8, 4) is 17.3 Å². The van der Waals surface area contributed by atoms with E-state index in [1.807, 2.05) is 42.5 Å². The fraction of sp³-hybridized carbons (Fsp3) is 0.432. The molecular weight excluding hydrogens is 678 g/mol. The molecular formula is C37H40FN5O7S. The number of primary amides is 1. The summed E-state index contributed by atoms with van der Waals surface area (Å²) in [5.74, 6) is -1.32. The number of hydrogen-bond donors (Lipinski definition) is 2. The fourth-order valence-corrected chi connectivity index (χ4v) is 8.04. The minimum absolute atomic E-state index is 0.0815. The van der Waals surface area contributed by atoms with Gasteiger partial charge in [-0.3, -0.25) is 19.1 Å². The van der Waals surface area contributed by atoms with E-state index < -0.39 is 45.1 Å². The van der Waals surface area contributed by atoms with E-state index in [1.165, 1.54) is 23.1 Å². The summed E-state index contributed by atoms with van der Waals surface area (Å²) < 4.78 is 52.7. The lowest BCUT2D eigenvalue weighted by atomic mass is 10.1. The van der Waals surface area contributed by atoms with E-state index in [0.717, 1.165) is 31.2 Å². The van der Waals surface area contributed by atoms with Gasteiger partial charge in [-0.1, -0.05) is 55.3 Å². The molecule has 3 aliphatic rings. The van der Waals surface area contributed by atoms with Crippen LogP contribution in [0.1, 0.15) is 64.2 Å². The monoisotopic (exact) mass is 717 g/mol. The van der Waals surface area contributed by atoms with Crippen molar-refractivity contribution >= 4 is 49.8 Å². The molecule has 3 amide bonds. The molecule has 0 spiro atoms. The molecule has 2 aromatic carbocycles. The molecule has 12 nitrogen and oxygen atoms in total. The van der Waals surface area contributed by atoms with Crippen LogP contribution in [0.2, 0.25) is 0 Å². The standard InChI is InChI=1S/C37H40FN5O7S/c38-24-14-17-30-28(19-24)32-33(50-30)37(41-35(40-32)22-10-7-5-8-11-22)49-25-20-29(34(39)45)43(21-25)31(44)13-9-4-2-1-3-6-12-23-18-27(23)36(46)42-51(47,48)26-15-16-26/h5-8,10-12,14,17,19,23,25-27,29H,1-4,9,13,15-16,18,20-21H2,(H2,39,45)(H,42,46)/b12-6-/t23-,25-,27+,29+/m1/s1. The first-order valence-corrected chi connectivity index (χ1v) is 19.0. The van der Waals surface area contributed by atoms with Crippen LogP contribution in [0.15, 0.2) is 65.1 Å². The molecule has 0 bridgehead atoms. The number of unbranched alkanes of at least 4 members (excludes halogenated alkanes) is 4. The van der Waals surface area contributed by atoms with Crippen LogP contribution in [0.3, 0.4) is 0 Å². The minimum atomic E-state index is -3.51. The Hall–Kier alpha value is -4.85. The van der Waals surface area contributed by atoms with Crippen LogP contribution in [0.5, 0.6) is 5.88 Å². The minimum Gasteiger partial charge on any atom is -0.470 e. The van der Waals surface area contributed by atoms with E-state index in [0.29, 0.717) is 48.0 Å². The number of amides is 3. The van der Waals surface area contributed by atoms with Crippen molar-refractivity contribution < 1.29 is 36.3 Å². The first-order chi connectivity index (χ1) is 24.6. The number of fused-ring (bicyclic) bond motifs is 3. The highest BCUT2D eigenvalue weighted by Gasteiger charge is 2.45. The molecule has 4 atom stereocenters. The summed E-state index contributed by atoms with van der Waals surface area (Å²) in [6, 6.07) is 12.6. The molecule has 0 radical (unpaired) electrons. The van der Waals surface area contributed by atoms with E-state index in [1.54, 1.807) is 0 Å². The number of aromatic nitrogens is 2. The second-order valence-corrected chi connectivity index (χ2v) is 15.6. The van der Waals surface area contributed by atoms with Gasteiger partial charge in [0.1, 0.15) is 29.1 Å². The van der Waals surface area contributed by atoms with E-state index >= 15 is 0 Å². The van der Waals surface area contributed by atoms with Crippen molar-refractivity contribution in [3.05, 3.63) is 66.5 Å². The quantitative estimate of drug-likeness (QED) is 0.124. The van der Waals surface area contributed by atoms with Crippen molar-refractivity contribution in [2.45, 2.75) is 81.6 Å². The number of carbonyl (C=O) groups excluding carboxylic acids is 3. The lowest BCUT2D eigenvalue weighted by molar-refractivity contribution is -0.137. The lowest BCUT2D eigenvalue weighted by Crippen LogP contribution is -2.43. The van der Waals surface area contributed by atoms with Gasteiger partial charge in [-0.15, -0.1) is 0 Å². The average molecular weight is 718 g/mol. The molecule has 268 valence electrons. The second kappa shape index (κ2) is 14.4. The molecule has 3 N–H and O–H groups in total. The zero-order valence-electron chi connectivity index (χ0n) is 28.0. The van der Waals surface area contributed by atoms with Crippen LogP contribution in [-0.2, 0) is 24.4 Å². The summed E-state index contributed by atoms with van der Waals surface area (Å²) in [5, 5.41) is 0.0633. The van der Waals surface area contributed by atoms with Crippen LogP contribution >= 0.6 is 0 Å². The first kappa shape index (κ1) is 34.6. The SMILES string of the molecule is NC(=O)[C@@H]1C[C@@H](Oc2nc(-c3ccccc3)nc3c2oc2ccc(F)cc23)CN1C(=O)CCCCCC/C=C\[C@@H]1C[C@@H]1C(=O)NS(=O)(=O)C1CC1. The number of nitrogens with two attached hydrogens (primary N) is 1. The maximum Gasteiger partial charge on any atom is 0.262 e. The number of carbonyl (C=O) groups is 3. The predicted molar refractivity (Wildman–Crippen MR) is 187 cm³/mol. The predicted octanol–water partition coefficient (Wildman–Crippen LogP) is 5.16. The number of halogens is 1. The van der Waals surface area contributed by atoms with E-state index in [4.69, 9.17) is 14.9 Å². The molecule has 14 heteroatoms. The highest BCUT2D eigenvalue weighted by molar-refractivity contribution is 7.90. The Morgan fingerprint density at radius 3 is 2.59 bits per heavy atom. The van der Waals surface area contributed by atoms with Crippen molar-refractivity contribution in [3.63, 3.8) is 0 Å². The van der Waals surface area contributed by atoms with Gasteiger partial charge < -0.3 is 19.8 Å². The number of benzene rings is 2. The zero-order chi connectivity index (χ0) is 35.7. The van der Waals surface area contributed by atoms with Gasteiger partial charge in [-0.25, -0.2) is 17.8 Å². The third-order valence-electron chi connectivity index (χ3n) is 9.74. The summed E-state index contributed by atoms with van der Waals surface area (Å²) in [6.07, 6.45) is 9.93. The Balaban J connectivity index is 0.909. The number of furan rings is 1. The largest absolute Gasteiger partial charge is 0.470 e. The van der Waals surface area contributed by atoms with Crippen LogP contribution in [-0.4, -0.2) is 64.9 Å².